The van der Waals surface area contributed by atoms with Crippen LogP contribution in [0, 0.1) is 11.6 Å². The van der Waals surface area contributed by atoms with E-state index >= 15 is 0 Å². The predicted octanol–water partition coefficient (Wildman–Crippen LogP) is 0.442. The average molecular weight is 457 g/mol. The smallest absolute Gasteiger partial charge is 0.872 e. The van der Waals surface area contributed by atoms with Crippen LogP contribution in [0.15, 0.2) is 48.8 Å². The first-order chi connectivity index (χ1) is 14.6. The number of benzene rings is 2. The van der Waals surface area contributed by atoms with Crippen molar-refractivity contribution in [1.82, 2.24) is 19.5 Å². The molecule has 0 aliphatic heterocycles. The van der Waals surface area contributed by atoms with Gasteiger partial charge in [-0.15, -0.1) is 5.75 Å². The molecule has 0 bridgehead atoms. The summed E-state index contributed by atoms with van der Waals surface area (Å²) in [5.74, 6) is -5.74. The Morgan fingerprint density at radius 1 is 1.03 bits per heavy atom. The number of amides is 1. The number of fused-ring (bicyclic) bond motifs is 1. The molecular formula is C19H9F5N5NaO2. The Labute approximate surface area is 198 Å². The Hall–Kier alpha value is -3.09. The molecule has 2 heterocycles. The minimum Gasteiger partial charge on any atom is -0.872 e. The molecule has 0 saturated heterocycles. The van der Waals surface area contributed by atoms with E-state index in [0.29, 0.717) is 4.57 Å². The maximum absolute atomic E-state index is 13.7. The summed E-state index contributed by atoms with van der Waals surface area (Å²) in [6.45, 7) is 0. The van der Waals surface area contributed by atoms with Crippen LogP contribution in [-0.4, -0.2) is 25.4 Å². The van der Waals surface area contributed by atoms with Gasteiger partial charge in [0.25, 0.3) is 5.91 Å². The minimum atomic E-state index is -4.86. The number of carbonyl (C=O) groups is 1. The van der Waals surface area contributed by atoms with Gasteiger partial charge in [-0.2, -0.15) is 13.2 Å². The van der Waals surface area contributed by atoms with E-state index in [1.165, 1.54) is 0 Å². The number of hydrogen-bond acceptors (Lipinski definition) is 5. The van der Waals surface area contributed by atoms with E-state index in [0.717, 1.165) is 48.8 Å². The van der Waals surface area contributed by atoms with Crippen molar-refractivity contribution in [3.05, 3.63) is 71.8 Å². The molecule has 0 atom stereocenters. The van der Waals surface area contributed by atoms with E-state index in [1.807, 2.05) is 0 Å². The number of alkyl halides is 3. The summed E-state index contributed by atoms with van der Waals surface area (Å²) in [6, 6.07) is 6.06. The van der Waals surface area contributed by atoms with Crippen molar-refractivity contribution in [2.75, 3.05) is 5.32 Å². The fourth-order valence-corrected chi connectivity index (χ4v) is 2.88. The molecule has 2 aromatic carbocycles. The van der Waals surface area contributed by atoms with Crippen LogP contribution in [0.25, 0.3) is 16.9 Å². The number of rotatable bonds is 3. The van der Waals surface area contributed by atoms with Crippen molar-refractivity contribution in [1.29, 1.82) is 0 Å². The quantitative estimate of drug-likeness (QED) is 0.356. The second-order valence-corrected chi connectivity index (χ2v) is 6.23. The Kier molecular flexibility index (Phi) is 6.49. The molecule has 7 nitrogen and oxygen atoms in total. The van der Waals surface area contributed by atoms with Gasteiger partial charge in [-0.3, -0.25) is 9.36 Å². The molecule has 1 N–H and O–H groups in total. The van der Waals surface area contributed by atoms with Crippen LogP contribution in [0.5, 0.6) is 5.75 Å². The molecular weight excluding hydrogens is 448 g/mol. The van der Waals surface area contributed by atoms with Crippen LogP contribution in [0.3, 0.4) is 0 Å². The van der Waals surface area contributed by atoms with Gasteiger partial charge >= 0.3 is 35.7 Å². The molecule has 0 aliphatic rings. The van der Waals surface area contributed by atoms with Crippen LogP contribution in [0.1, 0.15) is 16.2 Å². The molecule has 0 aliphatic carbocycles. The molecule has 0 saturated carbocycles. The second kappa shape index (κ2) is 8.81. The summed E-state index contributed by atoms with van der Waals surface area (Å²) in [7, 11) is 0. The van der Waals surface area contributed by atoms with Crippen molar-refractivity contribution in [2.24, 2.45) is 0 Å². The van der Waals surface area contributed by atoms with Gasteiger partial charge in [-0.1, -0.05) is 12.1 Å². The number of nitrogens with zero attached hydrogens (tertiary/aromatic N) is 4. The number of halogens is 5. The Morgan fingerprint density at radius 3 is 2.31 bits per heavy atom. The molecule has 0 spiro atoms. The van der Waals surface area contributed by atoms with Gasteiger partial charge < -0.3 is 10.4 Å². The van der Waals surface area contributed by atoms with Crippen LogP contribution < -0.4 is 40.0 Å². The zero-order valence-corrected chi connectivity index (χ0v) is 18.1. The summed E-state index contributed by atoms with van der Waals surface area (Å²) in [6.07, 6.45) is -3.03. The van der Waals surface area contributed by atoms with E-state index in [1.54, 1.807) is 0 Å². The zero-order chi connectivity index (χ0) is 22.3. The third-order valence-electron chi connectivity index (χ3n) is 4.18. The number of carbonyl (C=O) groups excluding carboxylic acids is 1. The summed E-state index contributed by atoms with van der Waals surface area (Å²) >= 11 is 0. The van der Waals surface area contributed by atoms with Crippen molar-refractivity contribution < 1.29 is 61.4 Å². The molecule has 2 aromatic heterocycles. The molecule has 13 heteroatoms. The molecule has 32 heavy (non-hydrogen) atoms. The van der Waals surface area contributed by atoms with Crippen LogP contribution in [0.2, 0.25) is 0 Å². The Bertz CT molecular complexity index is 1290. The number of anilines is 1. The van der Waals surface area contributed by atoms with Crippen LogP contribution in [-0.2, 0) is 6.18 Å². The summed E-state index contributed by atoms with van der Waals surface area (Å²) < 4.78 is 68.4. The molecule has 0 radical (unpaired) electrons. The fourth-order valence-electron chi connectivity index (χ4n) is 2.88. The van der Waals surface area contributed by atoms with Gasteiger partial charge in [0, 0.05) is 0 Å². The largest absolute Gasteiger partial charge is 1.00 e. The SMILES string of the molecule is O=C(Nc1cnc(-n2c(C(F)(F)F)nc3cc([O-])ccc32)cn1)c1c(F)cccc1F.[Na+]. The normalized spacial score (nSPS) is 11.3. The minimum absolute atomic E-state index is 0. The molecule has 1 amide bonds. The summed E-state index contributed by atoms with van der Waals surface area (Å²) in [5.41, 5.74) is -1.07. The predicted molar refractivity (Wildman–Crippen MR) is 95.4 cm³/mol. The first-order valence-corrected chi connectivity index (χ1v) is 8.49. The monoisotopic (exact) mass is 457 g/mol. The first kappa shape index (κ1) is 23.6. The van der Waals surface area contributed by atoms with Gasteiger partial charge in [0.15, 0.2) is 11.6 Å². The number of imidazole rings is 1. The van der Waals surface area contributed by atoms with E-state index in [2.05, 4.69) is 20.3 Å². The van der Waals surface area contributed by atoms with Crippen molar-refractivity contribution in [2.45, 2.75) is 6.18 Å². The second-order valence-electron chi connectivity index (χ2n) is 6.23. The van der Waals surface area contributed by atoms with E-state index in [-0.39, 0.29) is 52.2 Å². The standard InChI is InChI=1S/C19H10F5N5O2.Na/c20-10-2-1-3-11(21)16(10)17(31)28-14-7-26-15(8-25-14)29-13-5-4-9(30)6-12(13)27-18(29)19(22,23)24;/h1-8,30H,(H,25,28,31);/q;+1/p-1. The Balaban J connectivity index is 0.00000289. The molecule has 0 unspecified atom stereocenters. The third kappa shape index (κ3) is 4.42. The van der Waals surface area contributed by atoms with Gasteiger partial charge in [0.05, 0.1) is 23.4 Å². The third-order valence-corrected chi connectivity index (χ3v) is 4.18. The molecule has 0 fully saturated rings. The average Bonchev–Trinajstić information content (AvgIpc) is 3.07. The van der Waals surface area contributed by atoms with Crippen LogP contribution >= 0.6 is 0 Å². The fraction of sp³-hybridized carbons (Fsp3) is 0.0526. The number of aromatic nitrogens is 4. The van der Waals surface area contributed by atoms with E-state index in [9.17, 15) is 31.9 Å². The topological polar surface area (TPSA) is 95.8 Å². The van der Waals surface area contributed by atoms with Gasteiger partial charge in [-0.05, 0) is 24.3 Å². The first-order valence-electron chi connectivity index (χ1n) is 8.49. The number of hydrogen-bond donors (Lipinski definition) is 1. The van der Waals surface area contributed by atoms with Crippen molar-refractivity contribution >= 4 is 22.8 Å². The maximum atomic E-state index is 13.7. The maximum Gasteiger partial charge on any atom is 1.00 e. The summed E-state index contributed by atoms with van der Waals surface area (Å²) in [5, 5.41) is 13.6. The van der Waals surface area contributed by atoms with Gasteiger partial charge in [0.2, 0.25) is 5.82 Å². The zero-order valence-electron chi connectivity index (χ0n) is 16.1. The van der Waals surface area contributed by atoms with Crippen molar-refractivity contribution in [3.63, 3.8) is 0 Å². The molecule has 158 valence electrons. The van der Waals surface area contributed by atoms with E-state index in [4.69, 9.17) is 0 Å². The number of nitrogens with one attached hydrogen (secondary N) is 1. The Morgan fingerprint density at radius 2 is 1.72 bits per heavy atom. The summed E-state index contributed by atoms with van der Waals surface area (Å²) in [4.78, 5) is 23.2. The van der Waals surface area contributed by atoms with E-state index < -0.39 is 40.9 Å². The van der Waals surface area contributed by atoms with Crippen LogP contribution in [0.4, 0.5) is 27.8 Å². The van der Waals surface area contributed by atoms with Gasteiger partial charge in [0.1, 0.15) is 17.2 Å². The van der Waals surface area contributed by atoms with Gasteiger partial charge in [-0.25, -0.2) is 23.7 Å². The molecule has 4 aromatic rings. The van der Waals surface area contributed by atoms with Crippen molar-refractivity contribution in [3.8, 4) is 11.6 Å². The molecule has 4 rings (SSSR count).